The van der Waals surface area contributed by atoms with Crippen molar-refractivity contribution in [2.75, 3.05) is 25.0 Å². The van der Waals surface area contributed by atoms with Gasteiger partial charge in [-0.05, 0) is 30.7 Å². The van der Waals surface area contributed by atoms with Gasteiger partial charge >= 0.3 is 6.03 Å². The van der Waals surface area contributed by atoms with Gasteiger partial charge in [-0.15, -0.1) is 0 Å². The van der Waals surface area contributed by atoms with Crippen LogP contribution in [0.3, 0.4) is 0 Å². The molecule has 2 unspecified atom stereocenters. The van der Waals surface area contributed by atoms with E-state index >= 15 is 0 Å². The van der Waals surface area contributed by atoms with Gasteiger partial charge in [0, 0.05) is 49.7 Å². The fourth-order valence-electron chi connectivity index (χ4n) is 3.21. The van der Waals surface area contributed by atoms with Crippen LogP contribution in [0.2, 0.25) is 0 Å². The van der Waals surface area contributed by atoms with Crippen LogP contribution < -0.4 is 10.6 Å². The van der Waals surface area contributed by atoms with E-state index in [1.807, 2.05) is 18.2 Å². The Morgan fingerprint density at radius 2 is 1.96 bits per heavy atom. The second-order valence-electron chi connectivity index (χ2n) is 6.39. The summed E-state index contributed by atoms with van der Waals surface area (Å²) in [6.45, 7) is 2.58. The minimum absolute atomic E-state index is 0.0789. The average molecular weight is 340 g/mol. The van der Waals surface area contributed by atoms with Gasteiger partial charge in [-0.1, -0.05) is 30.3 Å². The van der Waals surface area contributed by atoms with E-state index in [0.29, 0.717) is 5.69 Å². The van der Waals surface area contributed by atoms with Crippen LogP contribution in [0, 0.1) is 5.92 Å². The van der Waals surface area contributed by atoms with Gasteiger partial charge in [0.2, 0.25) is 0 Å². The predicted molar refractivity (Wildman–Crippen MR) is 97.1 cm³/mol. The zero-order valence-electron chi connectivity index (χ0n) is 14.1. The topological polar surface area (TPSA) is 77.5 Å². The lowest BCUT2D eigenvalue weighted by Gasteiger charge is -2.38. The summed E-state index contributed by atoms with van der Waals surface area (Å²) in [5.41, 5.74) is 1.95. The molecule has 0 spiro atoms. The van der Waals surface area contributed by atoms with Crippen LogP contribution in [0.5, 0.6) is 0 Å². The highest BCUT2D eigenvalue weighted by molar-refractivity contribution is 5.89. The number of aliphatic hydroxyl groups excluding tert-OH is 1. The summed E-state index contributed by atoms with van der Waals surface area (Å²) in [5.74, 6) is 0.0789. The molecule has 3 rings (SSSR count). The number of aliphatic hydroxyl groups is 1. The Balaban J connectivity index is 1.58. The molecule has 6 nitrogen and oxygen atoms in total. The first-order valence-electron chi connectivity index (χ1n) is 8.59. The van der Waals surface area contributed by atoms with Gasteiger partial charge in [0.1, 0.15) is 0 Å². The Bertz CT molecular complexity index is 666. The van der Waals surface area contributed by atoms with Crippen LogP contribution in [0.15, 0.2) is 54.9 Å². The number of pyridine rings is 1. The Morgan fingerprint density at radius 1 is 1.20 bits per heavy atom. The van der Waals surface area contributed by atoms with Gasteiger partial charge in [-0.25, -0.2) is 4.79 Å². The number of likely N-dealkylation sites (tertiary alicyclic amines) is 1. The van der Waals surface area contributed by atoms with E-state index in [-0.39, 0.29) is 24.6 Å². The summed E-state index contributed by atoms with van der Waals surface area (Å²) < 4.78 is 0. The number of carbonyl (C=O) groups is 1. The molecule has 3 N–H and O–H groups in total. The van der Waals surface area contributed by atoms with Crippen molar-refractivity contribution >= 4 is 11.7 Å². The molecule has 25 heavy (non-hydrogen) atoms. The molecule has 2 aromatic rings. The van der Waals surface area contributed by atoms with E-state index in [4.69, 9.17) is 0 Å². The fourth-order valence-corrected chi connectivity index (χ4v) is 3.21. The number of nitrogens with one attached hydrogen (secondary N) is 2. The molecule has 2 heterocycles. The van der Waals surface area contributed by atoms with Crippen molar-refractivity contribution in [1.29, 1.82) is 0 Å². The van der Waals surface area contributed by atoms with E-state index in [2.05, 4.69) is 32.7 Å². The third-order valence-corrected chi connectivity index (χ3v) is 4.58. The summed E-state index contributed by atoms with van der Waals surface area (Å²) in [6, 6.07) is 13.4. The van der Waals surface area contributed by atoms with E-state index in [1.54, 1.807) is 24.5 Å². The monoisotopic (exact) mass is 340 g/mol. The first kappa shape index (κ1) is 17.4. The molecule has 1 fully saturated rings. The highest BCUT2D eigenvalue weighted by Gasteiger charge is 2.30. The minimum Gasteiger partial charge on any atom is -0.396 e. The van der Waals surface area contributed by atoms with Gasteiger partial charge in [-0.3, -0.25) is 9.88 Å². The molecule has 0 radical (unpaired) electrons. The van der Waals surface area contributed by atoms with Crippen molar-refractivity contribution in [3.63, 3.8) is 0 Å². The first-order chi connectivity index (χ1) is 12.2. The number of carbonyl (C=O) groups excluding carboxylic acids is 1. The van der Waals surface area contributed by atoms with Gasteiger partial charge in [0.05, 0.1) is 0 Å². The molecular weight excluding hydrogens is 316 g/mol. The third kappa shape index (κ3) is 5.01. The molecule has 1 saturated heterocycles. The van der Waals surface area contributed by atoms with Crippen LogP contribution in [0.25, 0.3) is 0 Å². The molecule has 2 amide bonds. The molecule has 0 aliphatic carbocycles. The number of nitrogens with zero attached hydrogens (tertiary/aromatic N) is 2. The molecule has 2 atom stereocenters. The number of rotatable bonds is 5. The van der Waals surface area contributed by atoms with E-state index < -0.39 is 0 Å². The lowest BCUT2D eigenvalue weighted by Crippen LogP contribution is -2.54. The summed E-state index contributed by atoms with van der Waals surface area (Å²) in [5, 5.41) is 15.5. The third-order valence-electron chi connectivity index (χ3n) is 4.58. The zero-order valence-corrected chi connectivity index (χ0v) is 14.1. The Labute approximate surface area is 147 Å². The van der Waals surface area contributed by atoms with Gasteiger partial charge in [-0.2, -0.15) is 0 Å². The van der Waals surface area contributed by atoms with Crippen molar-refractivity contribution in [2.24, 2.45) is 5.92 Å². The van der Waals surface area contributed by atoms with Crippen LogP contribution in [0.4, 0.5) is 10.5 Å². The fraction of sp³-hybridized carbons (Fsp3) is 0.368. The number of urea groups is 1. The predicted octanol–water partition coefficient (Wildman–Crippen LogP) is 2.09. The molecule has 6 heteroatoms. The summed E-state index contributed by atoms with van der Waals surface area (Å²) in [7, 11) is 0. The van der Waals surface area contributed by atoms with Gasteiger partial charge in [0.25, 0.3) is 0 Å². The first-order valence-corrected chi connectivity index (χ1v) is 8.59. The highest BCUT2D eigenvalue weighted by Crippen LogP contribution is 2.19. The number of aromatic nitrogens is 1. The molecule has 1 aromatic carbocycles. The minimum atomic E-state index is -0.254. The molecule has 132 valence electrons. The number of amides is 2. The quantitative estimate of drug-likeness (QED) is 0.779. The molecule has 0 saturated carbocycles. The molecule has 1 aliphatic heterocycles. The number of anilines is 1. The maximum absolute atomic E-state index is 12.3. The van der Waals surface area contributed by atoms with Crippen molar-refractivity contribution in [1.82, 2.24) is 15.2 Å². The number of piperidine rings is 1. The normalized spacial score (nSPS) is 20.8. The average Bonchev–Trinajstić information content (AvgIpc) is 2.63. The molecular formula is C19H24N4O2. The Morgan fingerprint density at radius 3 is 2.68 bits per heavy atom. The number of benzene rings is 1. The van der Waals surface area contributed by atoms with Crippen LogP contribution in [-0.2, 0) is 6.54 Å². The SMILES string of the molecule is O=C(Nc1ccncc1)NC1CN(Cc2ccccc2)CCC1CO. The van der Waals surface area contributed by atoms with Crippen molar-refractivity contribution in [2.45, 2.75) is 19.0 Å². The maximum atomic E-state index is 12.3. The van der Waals surface area contributed by atoms with E-state index in [9.17, 15) is 9.90 Å². The van der Waals surface area contributed by atoms with Crippen molar-refractivity contribution in [3.8, 4) is 0 Å². The standard InChI is InChI=1S/C19H24N4O2/c24-14-16-8-11-23(12-15-4-2-1-3-5-15)13-18(16)22-19(25)21-17-6-9-20-10-7-17/h1-7,9-10,16,18,24H,8,11-14H2,(H2,20,21,22,25). The summed E-state index contributed by atoms with van der Waals surface area (Å²) in [6.07, 6.45) is 4.13. The lowest BCUT2D eigenvalue weighted by atomic mass is 9.92. The molecule has 1 aromatic heterocycles. The van der Waals surface area contributed by atoms with Crippen LogP contribution >= 0.6 is 0 Å². The lowest BCUT2D eigenvalue weighted by molar-refractivity contribution is 0.0958. The second-order valence-corrected chi connectivity index (χ2v) is 6.39. The van der Waals surface area contributed by atoms with Gasteiger partial charge < -0.3 is 15.7 Å². The van der Waals surface area contributed by atoms with Gasteiger partial charge in [0.15, 0.2) is 0 Å². The number of hydrogen-bond donors (Lipinski definition) is 3. The second kappa shape index (κ2) is 8.60. The summed E-state index contributed by atoms with van der Waals surface area (Å²) in [4.78, 5) is 18.5. The molecule has 0 bridgehead atoms. The van der Waals surface area contributed by atoms with Crippen molar-refractivity contribution < 1.29 is 9.90 Å². The van der Waals surface area contributed by atoms with Crippen LogP contribution in [-0.4, -0.2) is 46.8 Å². The zero-order chi connectivity index (χ0) is 17.5. The van der Waals surface area contributed by atoms with Crippen LogP contribution in [0.1, 0.15) is 12.0 Å². The smallest absolute Gasteiger partial charge is 0.319 e. The largest absolute Gasteiger partial charge is 0.396 e. The van der Waals surface area contributed by atoms with E-state index in [0.717, 1.165) is 26.1 Å². The Hall–Kier alpha value is -2.44. The molecule has 1 aliphatic rings. The number of hydrogen-bond acceptors (Lipinski definition) is 4. The summed E-state index contributed by atoms with van der Waals surface area (Å²) >= 11 is 0. The highest BCUT2D eigenvalue weighted by atomic mass is 16.3. The van der Waals surface area contributed by atoms with E-state index in [1.165, 1.54) is 5.56 Å². The maximum Gasteiger partial charge on any atom is 0.319 e. The Kier molecular flexibility index (Phi) is 5.98. The van der Waals surface area contributed by atoms with Crippen molar-refractivity contribution in [3.05, 3.63) is 60.4 Å².